The van der Waals surface area contributed by atoms with Gasteiger partial charge in [-0.05, 0) is 63.2 Å². The fraction of sp³-hybridized carbons (Fsp3) is 0.444. The summed E-state index contributed by atoms with van der Waals surface area (Å²) in [4.78, 5) is 27.4. The Hall–Kier alpha value is -3.23. The number of fused-ring (bicyclic) bond motifs is 3. The summed E-state index contributed by atoms with van der Waals surface area (Å²) in [6, 6.07) is 11.2. The standard InChI is InChI=1S/C27H32N6O2/c1-30(2)20-10-11-32(16-20)25-9-7-19(14-29-25)18-6-8-23-22(13-18)26-24(15-28-23)31(3)27(34)33(26)21-5-4-12-35-17-21/h6-9,13-15,20-21H,4-5,10-12,16-17H2,1-3H3/t20-,21+/m1/s1. The second-order valence-corrected chi connectivity index (χ2v) is 10.1. The van der Waals surface area contributed by atoms with E-state index in [4.69, 9.17) is 9.72 Å². The molecule has 2 fully saturated rings. The first kappa shape index (κ1) is 22.2. The van der Waals surface area contributed by atoms with Gasteiger partial charge in [-0.1, -0.05) is 6.07 Å². The number of aromatic nitrogens is 4. The molecule has 2 aliphatic rings. The van der Waals surface area contributed by atoms with E-state index in [1.165, 1.54) is 0 Å². The molecule has 2 atom stereocenters. The largest absolute Gasteiger partial charge is 0.379 e. The van der Waals surface area contributed by atoms with E-state index in [0.717, 1.165) is 77.8 Å². The summed E-state index contributed by atoms with van der Waals surface area (Å²) in [5, 5.41) is 0.987. The molecule has 8 heteroatoms. The molecule has 35 heavy (non-hydrogen) atoms. The molecule has 0 aliphatic carbocycles. The Kier molecular flexibility index (Phi) is 5.57. The van der Waals surface area contributed by atoms with Gasteiger partial charge in [-0.25, -0.2) is 9.78 Å². The van der Waals surface area contributed by atoms with Gasteiger partial charge in [-0.2, -0.15) is 0 Å². The number of imidazole rings is 1. The summed E-state index contributed by atoms with van der Waals surface area (Å²) in [5.41, 5.74) is 4.79. The van der Waals surface area contributed by atoms with Crippen molar-refractivity contribution in [3.05, 3.63) is 53.2 Å². The summed E-state index contributed by atoms with van der Waals surface area (Å²) in [7, 11) is 6.11. The molecule has 1 aromatic carbocycles. The minimum absolute atomic E-state index is 0.0112. The van der Waals surface area contributed by atoms with E-state index >= 15 is 0 Å². The van der Waals surface area contributed by atoms with Crippen LogP contribution in [0.15, 0.2) is 47.5 Å². The van der Waals surface area contributed by atoms with E-state index in [9.17, 15) is 4.79 Å². The molecule has 6 rings (SSSR count). The second kappa shape index (κ2) is 8.77. The molecular formula is C27H32N6O2. The predicted molar refractivity (Wildman–Crippen MR) is 139 cm³/mol. The average molecular weight is 473 g/mol. The number of ether oxygens (including phenoxy) is 1. The number of hydrogen-bond donors (Lipinski definition) is 0. The zero-order valence-electron chi connectivity index (χ0n) is 20.6. The van der Waals surface area contributed by atoms with Gasteiger partial charge in [0.1, 0.15) is 5.82 Å². The SMILES string of the molecule is CN(C)[C@@H]1CCN(c2ccc(-c3ccc4ncc5c(c4c3)n([C@H]3CCCOC3)c(=O)n5C)cn2)C1. The molecule has 0 radical (unpaired) electrons. The number of likely N-dealkylation sites (N-methyl/N-ethyl adjacent to an activating group) is 1. The van der Waals surface area contributed by atoms with Gasteiger partial charge in [0.05, 0.1) is 35.4 Å². The van der Waals surface area contributed by atoms with Gasteiger partial charge in [0.15, 0.2) is 0 Å². The van der Waals surface area contributed by atoms with Crippen molar-refractivity contribution in [2.45, 2.75) is 31.3 Å². The van der Waals surface area contributed by atoms with Gasteiger partial charge in [0, 0.05) is 49.9 Å². The normalized spacial score (nSPS) is 21.0. The van der Waals surface area contributed by atoms with Crippen molar-refractivity contribution in [3.8, 4) is 11.1 Å². The third-order valence-electron chi connectivity index (χ3n) is 7.72. The van der Waals surface area contributed by atoms with Crippen LogP contribution in [0.2, 0.25) is 0 Å². The van der Waals surface area contributed by atoms with Crippen LogP contribution >= 0.6 is 0 Å². The number of hydrogen-bond acceptors (Lipinski definition) is 6. The Labute approximate surface area is 204 Å². The van der Waals surface area contributed by atoms with E-state index in [0.29, 0.717) is 12.6 Å². The third-order valence-corrected chi connectivity index (χ3v) is 7.72. The highest BCUT2D eigenvalue weighted by molar-refractivity contribution is 6.04. The summed E-state index contributed by atoms with van der Waals surface area (Å²) in [6.45, 7) is 3.37. The van der Waals surface area contributed by atoms with E-state index in [1.807, 2.05) is 30.1 Å². The number of rotatable bonds is 4. The Morgan fingerprint density at radius 1 is 1.06 bits per heavy atom. The molecular weight excluding hydrogens is 440 g/mol. The number of nitrogens with zero attached hydrogens (tertiary/aromatic N) is 6. The van der Waals surface area contributed by atoms with Crippen molar-refractivity contribution in [2.75, 3.05) is 45.3 Å². The molecule has 4 aromatic rings. The molecule has 3 aromatic heterocycles. The second-order valence-electron chi connectivity index (χ2n) is 10.1. The van der Waals surface area contributed by atoms with Gasteiger partial charge in [0.25, 0.3) is 0 Å². The number of pyridine rings is 2. The average Bonchev–Trinajstić information content (AvgIpc) is 3.48. The highest BCUT2D eigenvalue weighted by atomic mass is 16.5. The van der Waals surface area contributed by atoms with Crippen LogP contribution in [-0.4, -0.2) is 70.4 Å². The Bertz CT molecular complexity index is 1430. The summed E-state index contributed by atoms with van der Waals surface area (Å²) in [6.07, 6.45) is 6.84. The minimum atomic E-state index is -0.0112. The van der Waals surface area contributed by atoms with E-state index in [1.54, 1.807) is 4.57 Å². The maximum absolute atomic E-state index is 13.2. The van der Waals surface area contributed by atoms with Crippen LogP contribution in [0.25, 0.3) is 33.1 Å². The first-order chi connectivity index (χ1) is 17.0. The van der Waals surface area contributed by atoms with Crippen LogP contribution in [0.3, 0.4) is 0 Å². The van der Waals surface area contributed by atoms with Crippen molar-refractivity contribution in [1.82, 2.24) is 24.0 Å². The first-order valence-electron chi connectivity index (χ1n) is 12.5. The quantitative estimate of drug-likeness (QED) is 0.453. The summed E-state index contributed by atoms with van der Waals surface area (Å²) < 4.78 is 9.36. The fourth-order valence-electron chi connectivity index (χ4n) is 5.59. The van der Waals surface area contributed by atoms with Crippen LogP contribution in [-0.2, 0) is 11.8 Å². The van der Waals surface area contributed by atoms with Gasteiger partial charge in [-0.3, -0.25) is 14.1 Å². The van der Waals surface area contributed by atoms with Crippen LogP contribution in [0.4, 0.5) is 5.82 Å². The molecule has 0 saturated carbocycles. The van der Waals surface area contributed by atoms with Crippen LogP contribution in [0.5, 0.6) is 0 Å². The van der Waals surface area contributed by atoms with Crippen molar-refractivity contribution >= 4 is 27.8 Å². The zero-order chi connectivity index (χ0) is 24.1. The van der Waals surface area contributed by atoms with E-state index in [-0.39, 0.29) is 11.7 Å². The highest BCUT2D eigenvalue weighted by Gasteiger charge is 2.25. The summed E-state index contributed by atoms with van der Waals surface area (Å²) in [5.74, 6) is 1.03. The van der Waals surface area contributed by atoms with Crippen molar-refractivity contribution in [2.24, 2.45) is 7.05 Å². The van der Waals surface area contributed by atoms with Crippen molar-refractivity contribution < 1.29 is 4.74 Å². The highest BCUT2D eigenvalue weighted by Crippen LogP contribution is 2.32. The summed E-state index contributed by atoms with van der Waals surface area (Å²) >= 11 is 0. The molecule has 2 aliphatic heterocycles. The lowest BCUT2D eigenvalue weighted by molar-refractivity contribution is 0.0593. The lowest BCUT2D eigenvalue weighted by atomic mass is 10.0. The molecule has 0 spiro atoms. The molecule has 0 amide bonds. The van der Waals surface area contributed by atoms with Crippen molar-refractivity contribution in [1.29, 1.82) is 0 Å². The van der Waals surface area contributed by atoms with E-state index in [2.05, 4.69) is 53.1 Å². The molecule has 0 bridgehead atoms. The zero-order valence-corrected chi connectivity index (χ0v) is 20.6. The fourth-order valence-corrected chi connectivity index (χ4v) is 5.59. The lowest BCUT2D eigenvalue weighted by Crippen LogP contribution is -2.31. The van der Waals surface area contributed by atoms with E-state index < -0.39 is 0 Å². The Morgan fingerprint density at radius 3 is 2.63 bits per heavy atom. The number of anilines is 1. The van der Waals surface area contributed by atoms with Gasteiger partial charge in [-0.15, -0.1) is 0 Å². The molecule has 2 saturated heterocycles. The number of benzene rings is 1. The minimum Gasteiger partial charge on any atom is -0.379 e. The topological polar surface area (TPSA) is 68.4 Å². The van der Waals surface area contributed by atoms with Crippen LogP contribution < -0.4 is 10.6 Å². The Balaban J connectivity index is 1.40. The molecule has 8 nitrogen and oxygen atoms in total. The third kappa shape index (κ3) is 3.81. The predicted octanol–water partition coefficient (Wildman–Crippen LogP) is 3.44. The molecule has 0 N–H and O–H groups in total. The lowest BCUT2D eigenvalue weighted by Gasteiger charge is -2.23. The number of aryl methyl sites for hydroxylation is 1. The monoisotopic (exact) mass is 472 g/mol. The molecule has 182 valence electrons. The molecule has 5 heterocycles. The van der Waals surface area contributed by atoms with Crippen LogP contribution in [0, 0.1) is 0 Å². The Morgan fingerprint density at radius 2 is 1.91 bits per heavy atom. The van der Waals surface area contributed by atoms with Crippen molar-refractivity contribution in [3.63, 3.8) is 0 Å². The van der Waals surface area contributed by atoms with Gasteiger partial charge < -0.3 is 14.5 Å². The van der Waals surface area contributed by atoms with Gasteiger partial charge in [0.2, 0.25) is 0 Å². The van der Waals surface area contributed by atoms with Gasteiger partial charge >= 0.3 is 5.69 Å². The molecule has 0 unspecified atom stereocenters. The maximum atomic E-state index is 13.2. The maximum Gasteiger partial charge on any atom is 0.329 e. The first-order valence-corrected chi connectivity index (χ1v) is 12.5. The smallest absolute Gasteiger partial charge is 0.329 e. The van der Waals surface area contributed by atoms with Crippen LogP contribution in [0.1, 0.15) is 25.3 Å².